The fraction of sp³-hybridized carbons (Fsp3) is 0.312. The Balaban J connectivity index is 1.74. The molecule has 1 fully saturated rings. The number of phenols is 1. The normalized spacial score (nSPS) is 16.2. The number of phenolic OH excluding ortho intramolecular Hbond substituents is 1. The number of anilines is 2. The van der Waals surface area contributed by atoms with E-state index in [2.05, 4.69) is 21.9 Å². The lowest BCUT2D eigenvalue weighted by atomic mass is 9.99. The highest BCUT2D eigenvalue weighted by Gasteiger charge is 2.42. The minimum absolute atomic E-state index is 0.0138. The number of aromatic nitrogens is 4. The van der Waals surface area contributed by atoms with Crippen molar-refractivity contribution in [2.75, 3.05) is 29.9 Å². The maximum atomic E-state index is 15.2. The van der Waals surface area contributed by atoms with Gasteiger partial charge >= 0.3 is 0 Å². The van der Waals surface area contributed by atoms with Crippen LogP contribution in [0.5, 0.6) is 5.75 Å². The number of aromatic hydroxyl groups is 1. The minimum atomic E-state index is -0.805. The van der Waals surface area contributed by atoms with Gasteiger partial charge in [0.25, 0.3) is 5.56 Å². The number of hydrogen-bond donors (Lipinski definition) is 2. The summed E-state index contributed by atoms with van der Waals surface area (Å²) >= 11 is 6.79. The van der Waals surface area contributed by atoms with E-state index in [9.17, 15) is 19.5 Å². The highest BCUT2D eigenvalue weighted by atomic mass is 35.5. The first kappa shape index (κ1) is 30.2. The van der Waals surface area contributed by atoms with Crippen molar-refractivity contribution in [1.82, 2.24) is 24.4 Å². The number of nitrogens with one attached hydrogen (secondary N) is 1. The van der Waals surface area contributed by atoms with Crippen molar-refractivity contribution < 1.29 is 19.1 Å². The highest BCUT2D eigenvalue weighted by Crippen LogP contribution is 2.43. The van der Waals surface area contributed by atoms with Crippen molar-refractivity contribution in [3.63, 3.8) is 0 Å². The average molecular weight is 632 g/mol. The Labute approximate surface area is 263 Å². The zero-order valence-electron chi connectivity index (χ0n) is 25.1. The number of carbonyl (C=O) groups excluding carboxylic acids is 2. The van der Waals surface area contributed by atoms with E-state index >= 15 is 4.39 Å². The molecule has 6 rings (SSSR count). The molecule has 5 heterocycles. The van der Waals surface area contributed by atoms with E-state index in [0.29, 0.717) is 28.1 Å². The molecule has 45 heavy (non-hydrogen) atoms. The van der Waals surface area contributed by atoms with E-state index in [-0.39, 0.29) is 70.7 Å². The van der Waals surface area contributed by atoms with E-state index in [4.69, 9.17) is 16.6 Å². The summed E-state index contributed by atoms with van der Waals surface area (Å²) in [5, 5.41) is 13.9. The Morgan fingerprint density at radius 3 is 2.44 bits per heavy atom. The Kier molecular flexibility index (Phi) is 7.56. The van der Waals surface area contributed by atoms with Gasteiger partial charge in [-0.3, -0.25) is 19.0 Å². The van der Waals surface area contributed by atoms with Gasteiger partial charge in [-0.15, -0.1) is 0 Å². The third-order valence-corrected chi connectivity index (χ3v) is 8.49. The van der Waals surface area contributed by atoms with Crippen molar-refractivity contribution in [1.29, 1.82) is 0 Å². The van der Waals surface area contributed by atoms with Gasteiger partial charge < -0.3 is 20.2 Å². The van der Waals surface area contributed by atoms with Crippen molar-refractivity contribution in [3.8, 4) is 22.7 Å². The number of hydrogen-bond acceptors (Lipinski definition) is 8. The number of carbonyl (C=O) groups is 2. The number of nitrogens with zero attached hydrogens (tertiary/aromatic N) is 6. The second kappa shape index (κ2) is 11.3. The van der Waals surface area contributed by atoms with Gasteiger partial charge in [-0.25, -0.2) is 19.3 Å². The van der Waals surface area contributed by atoms with E-state index in [1.54, 1.807) is 11.0 Å². The molecule has 0 aliphatic carbocycles. The molecular weight excluding hydrogens is 601 g/mol. The molecule has 2 aliphatic rings. The van der Waals surface area contributed by atoms with Crippen LogP contribution in [0.3, 0.4) is 0 Å². The minimum Gasteiger partial charge on any atom is -0.507 e. The molecule has 1 atom stereocenters. The summed E-state index contributed by atoms with van der Waals surface area (Å²) in [5.74, 6) is -2.17. The van der Waals surface area contributed by atoms with Crippen LogP contribution in [0.2, 0.25) is 5.02 Å². The van der Waals surface area contributed by atoms with E-state index in [0.717, 1.165) is 0 Å². The van der Waals surface area contributed by atoms with Crippen LogP contribution in [-0.4, -0.2) is 67.0 Å². The molecule has 0 saturated carbocycles. The number of benzene rings is 1. The maximum absolute atomic E-state index is 15.2. The molecule has 2 N–H and O–H groups in total. The molecule has 4 aromatic rings. The molecule has 1 saturated heterocycles. The fourth-order valence-electron chi connectivity index (χ4n) is 6.10. The van der Waals surface area contributed by atoms with Gasteiger partial charge in [0, 0.05) is 18.5 Å². The second-order valence-electron chi connectivity index (χ2n) is 11.7. The predicted molar refractivity (Wildman–Crippen MR) is 170 cm³/mol. The first-order valence-corrected chi connectivity index (χ1v) is 14.9. The van der Waals surface area contributed by atoms with Crippen LogP contribution in [0.1, 0.15) is 50.9 Å². The zero-order valence-corrected chi connectivity index (χ0v) is 25.9. The SMILES string of the molecule is C=CC(=O)N1CCN2c3c(c(=O)n(-c4c(C(C)C)ncnc4C(C)C)c4nc(-c5c(O)cccc5F)c(Cl)cc34)NC(=O)[C@H]2C1. The highest BCUT2D eigenvalue weighted by molar-refractivity contribution is 6.34. The van der Waals surface area contributed by atoms with Crippen molar-refractivity contribution in [3.05, 3.63) is 75.8 Å². The zero-order chi connectivity index (χ0) is 32.3. The topological polar surface area (TPSA) is 134 Å². The smallest absolute Gasteiger partial charge is 0.282 e. The molecule has 13 heteroatoms. The van der Waals surface area contributed by atoms with Crippen LogP contribution in [0.4, 0.5) is 15.8 Å². The summed E-state index contributed by atoms with van der Waals surface area (Å²) < 4.78 is 16.5. The lowest BCUT2D eigenvalue weighted by Crippen LogP contribution is -2.61. The summed E-state index contributed by atoms with van der Waals surface area (Å²) in [4.78, 5) is 57.8. The molecule has 0 spiro atoms. The molecule has 0 bridgehead atoms. The third-order valence-electron chi connectivity index (χ3n) is 8.21. The van der Waals surface area contributed by atoms with Crippen LogP contribution in [0, 0.1) is 5.82 Å². The summed E-state index contributed by atoms with van der Waals surface area (Å²) in [6.45, 7) is 11.9. The molecule has 3 aromatic heterocycles. The Morgan fingerprint density at radius 2 is 1.82 bits per heavy atom. The lowest BCUT2D eigenvalue weighted by Gasteiger charge is -2.45. The number of pyridine rings is 2. The van der Waals surface area contributed by atoms with Gasteiger partial charge in [0.05, 0.1) is 45.6 Å². The van der Waals surface area contributed by atoms with Gasteiger partial charge in [0.15, 0.2) is 5.65 Å². The second-order valence-corrected chi connectivity index (χ2v) is 12.1. The summed E-state index contributed by atoms with van der Waals surface area (Å²) in [6.07, 6.45) is 2.64. The number of halogens is 2. The molecule has 11 nitrogen and oxygen atoms in total. The number of amides is 2. The van der Waals surface area contributed by atoms with Gasteiger partial charge in [-0.2, -0.15) is 0 Å². The maximum Gasteiger partial charge on any atom is 0.282 e. The quantitative estimate of drug-likeness (QED) is 0.302. The van der Waals surface area contributed by atoms with E-state index < -0.39 is 23.3 Å². The first-order chi connectivity index (χ1) is 21.4. The van der Waals surface area contributed by atoms with Crippen molar-refractivity contribution in [2.24, 2.45) is 0 Å². The van der Waals surface area contributed by atoms with Crippen molar-refractivity contribution in [2.45, 2.75) is 45.6 Å². The number of fused-ring (bicyclic) bond motifs is 5. The van der Waals surface area contributed by atoms with Gasteiger partial charge in [0.2, 0.25) is 11.8 Å². The Bertz CT molecular complexity index is 1930. The molecule has 0 radical (unpaired) electrons. The van der Waals surface area contributed by atoms with Crippen LogP contribution in [-0.2, 0) is 9.59 Å². The third kappa shape index (κ3) is 4.80. The standard InChI is InChI=1S/C32H31ClFN7O4/c1-6-22(43)39-10-11-40-20(13-39)31(44)38-27-28(40)17-12-18(33)26(23-19(34)8-7-9-21(23)42)37-30(17)41(32(27)45)29-24(15(2)3)35-14-36-25(29)16(4)5/h6-9,12,14-16,20,42H,1,10-11,13H2,2-5H3,(H,38,44)/t20-/m1/s1. The molecule has 232 valence electrons. The average Bonchev–Trinajstić information content (AvgIpc) is 3.01. The van der Waals surface area contributed by atoms with Crippen LogP contribution in [0.25, 0.3) is 28.0 Å². The van der Waals surface area contributed by atoms with Crippen molar-refractivity contribution >= 4 is 45.8 Å². The van der Waals surface area contributed by atoms with Gasteiger partial charge in [-0.05, 0) is 36.1 Å². The predicted octanol–water partition coefficient (Wildman–Crippen LogP) is 4.74. The van der Waals surface area contributed by atoms with Crippen LogP contribution in [0.15, 0.2) is 48.0 Å². The summed E-state index contributed by atoms with van der Waals surface area (Å²) in [7, 11) is 0. The monoisotopic (exact) mass is 631 g/mol. The van der Waals surface area contributed by atoms with Gasteiger partial charge in [-0.1, -0.05) is 51.9 Å². The van der Waals surface area contributed by atoms with Crippen LogP contribution < -0.4 is 15.8 Å². The molecule has 1 aromatic carbocycles. The number of piperazine rings is 1. The summed E-state index contributed by atoms with van der Waals surface area (Å²) in [6, 6.07) is 4.62. The largest absolute Gasteiger partial charge is 0.507 e. The van der Waals surface area contributed by atoms with Crippen LogP contribution >= 0.6 is 11.6 Å². The Morgan fingerprint density at radius 1 is 1.13 bits per heavy atom. The molecule has 2 amide bonds. The van der Waals surface area contributed by atoms with E-state index in [1.165, 1.54) is 40.1 Å². The van der Waals surface area contributed by atoms with Gasteiger partial charge in [0.1, 0.15) is 29.6 Å². The Hall–Kier alpha value is -4.84. The molecule has 2 aliphatic heterocycles. The molecule has 0 unspecified atom stereocenters. The lowest BCUT2D eigenvalue weighted by molar-refractivity contribution is -0.128. The first-order valence-electron chi connectivity index (χ1n) is 14.6. The number of rotatable bonds is 5. The van der Waals surface area contributed by atoms with E-state index in [1.807, 2.05) is 27.7 Å². The fourth-order valence-corrected chi connectivity index (χ4v) is 6.35. The molecular formula is C32H31ClFN7O4. The summed E-state index contributed by atoms with van der Waals surface area (Å²) in [5.41, 5.74) is 1.16.